The van der Waals surface area contributed by atoms with E-state index in [1.54, 1.807) is 19.1 Å². The Morgan fingerprint density at radius 3 is 2.65 bits per heavy atom. The molecular weight excluding hydrogens is 338 g/mol. The maximum Gasteiger partial charge on any atom is 0.321 e. The molecule has 0 aliphatic carbocycles. The zero-order chi connectivity index (χ0) is 16.8. The fourth-order valence-electron chi connectivity index (χ4n) is 1.77. The number of rotatable bonds is 5. The van der Waals surface area contributed by atoms with Gasteiger partial charge in [-0.2, -0.15) is 0 Å². The quantitative estimate of drug-likeness (QED) is 0.809. The summed E-state index contributed by atoms with van der Waals surface area (Å²) in [6, 6.07) is 6.84. The van der Waals surface area contributed by atoms with E-state index >= 15 is 0 Å². The number of thiazole rings is 1. The van der Waals surface area contributed by atoms with Crippen molar-refractivity contribution in [2.75, 3.05) is 12.4 Å². The first-order valence-electron chi connectivity index (χ1n) is 6.80. The minimum atomic E-state index is -0.363. The van der Waals surface area contributed by atoms with Gasteiger partial charge in [0, 0.05) is 16.4 Å². The van der Waals surface area contributed by atoms with Gasteiger partial charge in [-0.05, 0) is 24.6 Å². The molecule has 2 N–H and O–H groups in total. The van der Waals surface area contributed by atoms with Crippen molar-refractivity contribution in [3.05, 3.63) is 45.4 Å². The van der Waals surface area contributed by atoms with Crippen LogP contribution in [0.5, 0.6) is 0 Å². The predicted octanol–water partition coefficient (Wildman–Crippen LogP) is 3.14. The number of hydrogen-bond acceptors (Lipinski definition) is 5. The lowest BCUT2D eigenvalue weighted by molar-refractivity contribution is -0.139. The van der Waals surface area contributed by atoms with Gasteiger partial charge in [0.1, 0.15) is 0 Å². The second-order valence-corrected chi connectivity index (χ2v) is 6.23. The van der Waals surface area contributed by atoms with Gasteiger partial charge in [0.2, 0.25) is 0 Å². The number of carbonyl (C=O) groups is 2. The molecule has 0 fully saturated rings. The van der Waals surface area contributed by atoms with Gasteiger partial charge < -0.3 is 10.1 Å². The molecule has 0 unspecified atom stereocenters. The van der Waals surface area contributed by atoms with E-state index in [4.69, 9.17) is 11.6 Å². The Morgan fingerprint density at radius 2 is 2.00 bits per heavy atom. The van der Waals surface area contributed by atoms with Crippen LogP contribution in [0.3, 0.4) is 0 Å². The SMILES string of the molecule is COC(=O)Cc1sc(NC(=O)NCc2ccc(Cl)cc2)nc1C. The molecule has 2 amide bonds. The molecule has 2 rings (SSSR count). The van der Waals surface area contributed by atoms with Crippen LogP contribution in [-0.4, -0.2) is 24.1 Å². The first-order chi connectivity index (χ1) is 11.0. The van der Waals surface area contributed by atoms with Gasteiger partial charge in [-0.1, -0.05) is 23.7 Å². The summed E-state index contributed by atoms with van der Waals surface area (Å²) in [7, 11) is 1.34. The van der Waals surface area contributed by atoms with Crippen LogP contribution in [0.25, 0.3) is 0 Å². The summed E-state index contributed by atoms with van der Waals surface area (Å²) in [6.45, 7) is 2.16. The summed E-state index contributed by atoms with van der Waals surface area (Å²) in [4.78, 5) is 28.2. The van der Waals surface area contributed by atoms with Crippen molar-refractivity contribution < 1.29 is 14.3 Å². The van der Waals surface area contributed by atoms with Gasteiger partial charge in [0.25, 0.3) is 0 Å². The van der Waals surface area contributed by atoms with E-state index in [0.29, 0.717) is 22.4 Å². The molecule has 0 spiro atoms. The molecule has 0 aliphatic heterocycles. The molecule has 1 aromatic carbocycles. The molecule has 0 aliphatic rings. The lowest BCUT2D eigenvalue weighted by atomic mass is 10.2. The van der Waals surface area contributed by atoms with Gasteiger partial charge in [-0.3, -0.25) is 10.1 Å². The van der Waals surface area contributed by atoms with E-state index < -0.39 is 0 Å². The van der Waals surface area contributed by atoms with E-state index in [0.717, 1.165) is 10.4 Å². The predicted molar refractivity (Wildman–Crippen MR) is 89.9 cm³/mol. The molecule has 8 heteroatoms. The third-order valence-electron chi connectivity index (χ3n) is 3.01. The summed E-state index contributed by atoms with van der Waals surface area (Å²) in [5.41, 5.74) is 1.64. The van der Waals surface area contributed by atoms with E-state index in [-0.39, 0.29) is 18.4 Å². The minimum absolute atomic E-state index is 0.147. The number of ether oxygens (including phenoxy) is 1. The number of benzene rings is 1. The third kappa shape index (κ3) is 5.22. The molecule has 2 aromatic rings. The van der Waals surface area contributed by atoms with Gasteiger partial charge in [0.05, 0.1) is 19.2 Å². The Morgan fingerprint density at radius 1 is 1.30 bits per heavy atom. The fourth-order valence-corrected chi connectivity index (χ4v) is 2.84. The van der Waals surface area contributed by atoms with E-state index in [2.05, 4.69) is 20.4 Å². The number of esters is 1. The summed E-state index contributed by atoms with van der Waals surface area (Å²) < 4.78 is 4.63. The van der Waals surface area contributed by atoms with Crippen molar-refractivity contribution in [1.29, 1.82) is 0 Å². The average Bonchev–Trinajstić information content (AvgIpc) is 2.86. The third-order valence-corrected chi connectivity index (χ3v) is 4.34. The van der Waals surface area contributed by atoms with Crippen LogP contribution in [0.2, 0.25) is 5.02 Å². The monoisotopic (exact) mass is 353 g/mol. The molecule has 0 saturated heterocycles. The number of nitrogens with zero attached hydrogens (tertiary/aromatic N) is 1. The Hall–Kier alpha value is -2.12. The van der Waals surface area contributed by atoms with Crippen LogP contribution in [0, 0.1) is 6.92 Å². The van der Waals surface area contributed by atoms with Gasteiger partial charge >= 0.3 is 12.0 Å². The van der Waals surface area contributed by atoms with E-state index in [1.807, 2.05) is 12.1 Å². The van der Waals surface area contributed by atoms with Crippen molar-refractivity contribution in [1.82, 2.24) is 10.3 Å². The standard InChI is InChI=1S/C15H16ClN3O3S/c1-9-12(7-13(20)22-2)23-15(18-9)19-14(21)17-8-10-3-5-11(16)6-4-10/h3-6H,7-8H2,1-2H3,(H2,17,18,19,21). The number of nitrogens with one attached hydrogen (secondary N) is 2. The highest BCUT2D eigenvalue weighted by Gasteiger charge is 2.13. The Labute approximate surface area is 142 Å². The summed E-state index contributed by atoms with van der Waals surface area (Å²) >= 11 is 7.06. The van der Waals surface area contributed by atoms with Crippen molar-refractivity contribution >= 4 is 40.1 Å². The fraction of sp³-hybridized carbons (Fsp3) is 0.267. The van der Waals surface area contributed by atoms with E-state index in [9.17, 15) is 9.59 Å². The second kappa shape index (κ2) is 7.94. The van der Waals surface area contributed by atoms with Crippen LogP contribution in [0.1, 0.15) is 16.1 Å². The van der Waals surface area contributed by atoms with Crippen LogP contribution >= 0.6 is 22.9 Å². The van der Waals surface area contributed by atoms with Crippen LogP contribution in [0.4, 0.5) is 9.93 Å². The number of aromatic nitrogens is 1. The maximum absolute atomic E-state index is 11.9. The van der Waals surface area contributed by atoms with Crippen molar-refractivity contribution in [2.45, 2.75) is 19.9 Å². The normalized spacial score (nSPS) is 10.2. The molecule has 6 nitrogen and oxygen atoms in total. The number of anilines is 1. The zero-order valence-corrected chi connectivity index (χ0v) is 14.3. The number of methoxy groups -OCH3 is 1. The highest BCUT2D eigenvalue weighted by Crippen LogP contribution is 2.23. The largest absolute Gasteiger partial charge is 0.469 e. The van der Waals surface area contributed by atoms with Gasteiger partial charge in [0.15, 0.2) is 5.13 Å². The zero-order valence-electron chi connectivity index (χ0n) is 12.7. The summed E-state index contributed by atoms with van der Waals surface area (Å²) in [5.74, 6) is -0.338. The van der Waals surface area contributed by atoms with Crippen molar-refractivity contribution in [3.8, 4) is 0 Å². The van der Waals surface area contributed by atoms with Gasteiger partial charge in [-0.25, -0.2) is 9.78 Å². The average molecular weight is 354 g/mol. The molecule has 0 radical (unpaired) electrons. The summed E-state index contributed by atoms with van der Waals surface area (Å²) in [5, 5.41) is 6.47. The number of carbonyl (C=O) groups excluding carboxylic acids is 2. The van der Waals surface area contributed by atoms with Crippen molar-refractivity contribution in [3.63, 3.8) is 0 Å². The minimum Gasteiger partial charge on any atom is -0.469 e. The number of amides is 2. The molecule has 1 aromatic heterocycles. The Kier molecular flexibility index (Phi) is 5.95. The topological polar surface area (TPSA) is 80.3 Å². The molecule has 0 saturated carbocycles. The second-order valence-electron chi connectivity index (χ2n) is 4.71. The smallest absolute Gasteiger partial charge is 0.321 e. The molecule has 0 bridgehead atoms. The van der Waals surface area contributed by atoms with Crippen molar-refractivity contribution in [2.24, 2.45) is 0 Å². The summed E-state index contributed by atoms with van der Waals surface area (Å²) in [6.07, 6.45) is 0.147. The highest BCUT2D eigenvalue weighted by molar-refractivity contribution is 7.16. The van der Waals surface area contributed by atoms with Crippen LogP contribution in [-0.2, 0) is 22.5 Å². The molecule has 0 atom stereocenters. The first-order valence-corrected chi connectivity index (χ1v) is 8.00. The van der Waals surface area contributed by atoms with Gasteiger partial charge in [-0.15, -0.1) is 11.3 Å². The first kappa shape index (κ1) is 17.2. The molecular formula is C15H16ClN3O3S. The number of hydrogen-bond donors (Lipinski definition) is 2. The number of halogens is 1. The lowest BCUT2D eigenvalue weighted by Gasteiger charge is -2.05. The van der Waals surface area contributed by atoms with Crippen LogP contribution < -0.4 is 10.6 Å². The Balaban J connectivity index is 1.88. The van der Waals surface area contributed by atoms with Crippen LogP contribution in [0.15, 0.2) is 24.3 Å². The maximum atomic E-state index is 11.9. The number of aryl methyl sites for hydroxylation is 1. The molecule has 1 heterocycles. The van der Waals surface area contributed by atoms with E-state index in [1.165, 1.54) is 18.4 Å². The highest BCUT2D eigenvalue weighted by atomic mass is 35.5. The molecule has 122 valence electrons. The Bertz CT molecular complexity index is 700. The molecule has 23 heavy (non-hydrogen) atoms. The number of urea groups is 1. The lowest BCUT2D eigenvalue weighted by Crippen LogP contribution is -2.28.